The van der Waals surface area contributed by atoms with Crippen molar-refractivity contribution >= 4 is 42.7 Å². The molecule has 11 heteroatoms. The van der Waals surface area contributed by atoms with Crippen LogP contribution in [0.4, 0.5) is 0 Å². The van der Waals surface area contributed by atoms with Gasteiger partial charge in [-0.15, -0.1) is 24.8 Å². The Morgan fingerprint density at radius 3 is 2.27 bits per heavy atom. The van der Waals surface area contributed by atoms with Crippen molar-refractivity contribution < 1.29 is 19.4 Å². The van der Waals surface area contributed by atoms with Crippen LogP contribution in [0.5, 0.6) is 0 Å². The third-order valence-electron chi connectivity index (χ3n) is 6.97. The van der Waals surface area contributed by atoms with Gasteiger partial charge in [-0.05, 0) is 51.4 Å². The number of likely N-dealkylation sites (tertiary alicyclic amines) is 2. The van der Waals surface area contributed by atoms with Gasteiger partial charge in [0.1, 0.15) is 0 Å². The lowest BCUT2D eigenvalue weighted by atomic mass is 9.97. The first kappa shape index (κ1) is 29.7. The zero-order chi connectivity index (χ0) is 22.2. The molecule has 3 aliphatic rings. The van der Waals surface area contributed by atoms with E-state index in [1.165, 1.54) is 0 Å². The van der Waals surface area contributed by atoms with E-state index >= 15 is 0 Å². The monoisotopic (exact) mass is 509 g/mol. The van der Waals surface area contributed by atoms with Crippen LogP contribution in [-0.2, 0) is 14.3 Å². The van der Waals surface area contributed by atoms with Crippen LogP contribution in [0.15, 0.2) is 0 Å². The molecule has 0 aromatic rings. The molecule has 0 aromatic carbocycles. The Hall–Kier alpha value is -1.29. The van der Waals surface area contributed by atoms with E-state index in [1.807, 2.05) is 9.80 Å². The zero-order valence-corrected chi connectivity index (χ0v) is 21.0. The summed E-state index contributed by atoms with van der Waals surface area (Å²) in [4.78, 5) is 28.5. The van der Waals surface area contributed by atoms with Gasteiger partial charge >= 0.3 is 5.97 Å². The second kappa shape index (κ2) is 14.9. The summed E-state index contributed by atoms with van der Waals surface area (Å²) in [5.41, 5.74) is 5.55. The first-order valence-corrected chi connectivity index (χ1v) is 11.9. The Labute approximate surface area is 209 Å². The number of amides is 1. The summed E-state index contributed by atoms with van der Waals surface area (Å²) in [6.45, 7) is 2.79. The lowest BCUT2D eigenvalue weighted by Crippen LogP contribution is -2.54. The summed E-state index contributed by atoms with van der Waals surface area (Å²) in [5, 5.41) is 20.2. The highest BCUT2D eigenvalue weighted by Crippen LogP contribution is 2.24. The predicted octanol–water partition coefficient (Wildman–Crippen LogP) is 2.35. The molecule has 33 heavy (non-hydrogen) atoms. The molecule has 0 radical (unpaired) electrons. The van der Waals surface area contributed by atoms with Gasteiger partial charge < -0.3 is 30.7 Å². The van der Waals surface area contributed by atoms with Crippen molar-refractivity contribution in [1.82, 2.24) is 15.1 Å². The lowest BCUT2D eigenvalue weighted by molar-refractivity contribution is -0.145. The molecule has 2 atom stereocenters. The number of rotatable bonds is 9. The fraction of sp³-hybridized carbons (Fsp3) is 0.864. The average molecular weight is 511 g/mol. The molecule has 0 unspecified atom stereocenters. The van der Waals surface area contributed by atoms with Crippen LogP contribution in [-0.4, -0.2) is 83.2 Å². The largest absolute Gasteiger partial charge is 0.481 e. The standard InChI is InChI=1S/C22H39N5O4.2ClH/c23-22(24)26-12-8-18(9-13-26)31-14-10-17-7-3-4-11-27(17)21(30)19(15-20(28)29)25-16-5-1-2-6-16;;/h16-19,25H,1-15H2,(H3,23,24)(H,28,29);2*1H/t17-,19+;;/m1../s1. The number of carbonyl (C=O) groups is 2. The van der Waals surface area contributed by atoms with E-state index in [4.69, 9.17) is 15.9 Å². The van der Waals surface area contributed by atoms with Crippen molar-refractivity contribution in [3.8, 4) is 0 Å². The summed E-state index contributed by atoms with van der Waals surface area (Å²) in [6, 6.07) is -0.279. The van der Waals surface area contributed by atoms with Gasteiger partial charge in [-0.25, -0.2) is 0 Å². The number of guanidine groups is 1. The van der Waals surface area contributed by atoms with E-state index in [9.17, 15) is 14.7 Å². The molecule has 0 aromatic heterocycles. The molecule has 1 aliphatic carbocycles. The number of piperidine rings is 2. The van der Waals surface area contributed by atoms with Gasteiger partial charge in [0.15, 0.2) is 5.96 Å². The SMILES string of the molecule is Cl.Cl.N=C(N)N1CCC(OCC[C@H]2CCCCN2C(=O)[C@H](CC(=O)O)NC2CCCC2)CC1. The molecule has 3 fully saturated rings. The summed E-state index contributed by atoms with van der Waals surface area (Å²) in [5.74, 6) is -0.872. The fourth-order valence-electron chi connectivity index (χ4n) is 5.19. The minimum Gasteiger partial charge on any atom is -0.481 e. The van der Waals surface area contributed by atoms with Crippen molar-refractivity contribution in [1.29, 1.82) is 5.41 Å². The number of halogens is 2. The van der Waals surface area contributed by atoms with E-state index in [2.05, 4.69) is 5.32 Å². The molecule has 2 saturated heterocycles. The molecule has 1 amide bonds. The maximum atomic E-state index is 13.3. The number of carboxylic acid groups (broad SMARTS) is 1. The molecule has 9 nitrogen and oxygen atoms in total. The van der Waals surface area contributed by atoms with Gasteiger partial charge in [0, 0.05) is 38.3 Å². The van der Waals surface area contributed by atoms with Crippen LogP contribution in [0.2, 0.25) is 0 Å². The van der Waals surface area contributed by atoms with E-state index in [0.29, 0.717) is 13.2 Å². The van der Waals surface area contributed by atoms with Gasteiger partial charge in [-0.1, -0.05) is 12.8 Å². The number of nitrogens with one attached hydrogen (secondary N) is 2. The number of nitrogens with two attached hydrogens (primary N) is 1. The summed E-state index contributed by atoms with van der Waals surface area (Å²) in [7, 11) is 0. The number of nitrogens with zero attached hydrogens (tertiary/aromatic N) is 2. The summed E-state index contributed by atoms with van der Waals surface area (Å²) < 4.78 is 6.09. The maximum Gasteiger partial charge on any atom is 0.305 e. The highest BCUT2D eigenvalue weighted by Gasteiger charge is 2.34. The quantitative estimate of drug-likeness (QED) is 0.277. The number of ether oxygens (including phenoxy) is 1. The van der Waals surface area contributed by atoms with Gasteiger partial charge in [0.05, 0.1) is 18.6 Å². The van der Waals surface area contributed by atoms with E-state index in [0.717, 1.165) is 77.3 Å². The van der Waals surface area contributed by atoms with Crippen LogP contribution < -0.4 is 11.1 Å². The Kier molecular flexibility index (Phi) is 13.4. The molecular weight excluding hydrogens is 469 g/mol. The van der Waals surface area contributed by atoms with Crippen molar-refractivity contribution in [2.24, 2.45) is 5.73 Å². The molecule has 5 N–H and O–H groups in total. The van der Waals surface area contributed by atoms with Crippen LogP contribution in [0, 0.1) is 5.41 Å². The maximum absolute atomic E-state index is 13.3. The normalized spacial score (nSPS) is 22.8. The number of carboxylic acids is 1. The van der Waals surface area contributed by atoms with Crippen LogP contribution in [0.1, 0.15) is 70.6 Å². The van der Waals surface area contributed by atoms with Gasteiger partial charge in [0.25, 0.3) is 0 Å². The molecular formula is C22H41Cl2N5O4. The molecule has 2 aliphatic heterocycles. The van der Waals surface area contributed by atoms with Crippen molar-refractivity contribution in [2.75, 3.05) is 26.2 Å². The van der Waals surface area contributed by atoms with Crippen LogP contribution in [0.3, 0.4) is 0 Å². The fourth-order valence-corrected chi connectivity index (χ4v) is 5.19. The highest BCUT2D eigenvalue weighted by molar-refractivity contribution is 5.86. The topological polar surface area (TPSA) is 132 Å². The van der Waals surface area contributed by atoms with Gasteiger partial charge in [-0.2, -0.15) is 0 Å². The second-order valence-electron chi connectivity index (χ2n) is 9.21. The Balaban J connectivity index is 0.00000272. The smallest absolute Gasteiger partial charge is 0.305 e. The summed E-state index contributed by atoms with van der Waals surface area (Å²) >= 11 is 0. The second-order valence-corrected chi connectivity index (χ2v) is 9.21. The minimum atomic E-state index is -0.933. The Morgan fingerprint density at radius 1 is 1.03 bits per heavy atom. The zero-order valence-electron chi connectivity index (χ0n) is 19.4. The Bertz CT molecular complexity index is 628. The third-order valence-corrected chi connectivity index (χ3v) is 6.97. The Morgan fingerprint density at radius 2 is 1.67 bits per heavy atom. The average Bonchev–Trinajstić information content (AvgIpc) is 3.26. The van der Waals surface area contributed by atoms with Crippen molar-refractivity contribution in [3.63, 3.8) is 0 Å². The molecule has 1 saturated carbocycles. The van der Waals surface area contributed by atoms with E-state index < -0.39 is 12.0 Å². The van der Waals surface area contributed by atoms with Crippen molar-refractivity contribution in [3.05, 3.63) is 0 Å². The van der Waals surface area contributed by atoms with Gasteiger partial charge in [0.2, 0.25) is 5.91 Å². The molecule has 2 heterocycles. The number of aliphatic carboxylic acids is 1. The molecule has 0 spiro atoms. The molecule has 3 rings (SSSR count). The van der Waals surface area contributed by atoms with E-state index in [-0.39, 0.29) is 61.3 Å². The van der Waals surface area contributed by atoms with E-state index in [1.54, 1.807) is 0 Å². The first-order chi connectivity index (χ1) is 14.9. The molecule has 192 valence electrons. The number of hydrogen-bond donors (Lipinski definition) is 4. The van der Waals surface area contributed by atoms with Crippen molar-refractivity contribution in [2.45, 2.75) is 94.9 Å². The summed E-state index contributed by atoms with van der Waals surface area (Å²) in [6.07, 6.45) is 9.83. The highest BCUT2D eigenvalue weighted by atomic mass is 35.5. The molecule has 0 bridgehead atoms. The lowest BCUT2D eigenvalue weighted by Gasteiger charge is -2.39. The number of hydrogen-bond acceptors (Lipinski definition) is 5. The number of carbonyl (C=O) groups excluding carboxylic acids is 1. The van der Waals surface area contributed by atoms with Crippen LogP contribution in [0.25, 0.3) is 0 Å². The minimum absolute atomic E-state index is 0. The predicted molar refractivity (Wildman–Crippen MR) is 132 cm³/mol. The van der Waals surface area contributed by atoms with Crippen LogP contribution >= 0.6 is 24.8 Å². The first-order valence-electron chi connectivity index (χ1n) is 11.9. The van der Waals surface area contributed by atoms with Gasteiger partial charge in [-0.3, -0.25) is 15.0 Å². The third kappa shape index (κ3) is 9.11.